The van der Waals surface area contributed by atoms with Gasteiger partial charge in [-0.2, -0.15) is 0 Å². The highest BCUT2D eigenvalue weighted by Crippen LogP contribution is 2.19. The minimum absolute atomic E-state index is 0.0118. The number of nitrogens with zero attached hydrogens (tertiary/aromatic N) is 2. The minimum Gasteiger partial charge on any atom is -0.352 e. The van der Waals surface area contributed by atoms with Crippen LogP contribution in [0.2, 0.25) is 0 Å². The number of Topliss-reactive ketones (excluding diaryl/α,β-unsaturated/α-hetero) is 1. The Balaban J connectivity index is 1.59. The zero-order valence-electron chi connectivity index (χ0n) is 15.4. The van der Waals surface area contributed by atoms with Crippen LogP contribution in [0.4, 0.5) is 0 Å². The number of pyridine rings is 1. The first-order chi connectivity index (χ1) is 13.0. The van der Waals surface area contributed by atoms with E-state index in [1.165, 1.54) is 6.92 Å². The molecule has 1 saturated heterocycles. The summed E-state index contributed by atoms with van der Waals surface area (Å²) in [4.78, 5) is 41.7. The summed E-state index contributed by atoms with van der Waals surface area (Å²) in [6.45, 7) is 3.53. The normalized spacial score (nSPS) is 13.7. The standard InChI is InChI=1S/C21H23N3O3/c1-15(25)16-5-2-6-17(13-16)19-14-18(8-10-22-19)21(27)23-9-4-12-24-11-3-7-20(24)26/h2,5-6,8,10,13-14H,3-4,7,9,11-12H2,1H3,(H,23,27). The zero-order chi connectivity index (χ0) is 19.2. The van der Waals surface area contributed by atoms with Crippen LogP contribution in [0.25, 0.3) is 11.3 Å². The molecule has 27 heavy (non-hydrogen) atoms. The Hall–Kier alpha value is -3.02. The summed E-state index contributed by atoms with van der Waals surface area (Å²) in [5, 5.41) is 2.89. The molecule has 2 amide bonds. The van der Waals surface area contributed by atoms with E-state index in [4.69, 9.17) is 0 Å². The third-order valence-electron chi connectivity index (χ3n) is 4.65. The number of amides is 2. The quantitative estimate of drug-likeness (QED) is 0.604. The van der Waals surface area contributed by atoms with Gasteiger partial charge in [0.2, 0.25) is 5.91 Å². The lowest BCUT2D eigenvalue weighted by molar-refractivity contribution is -0.127. The minimum atomic E-state index is -0.172. The molecule has 0 radical (unpaired) electrons. The van der Waals surface area contributed by atoms with Crippen molar-refractivity contribution in [2.45, 2.75) is 26.2 Å². The molecule has 1 fully saturated rings. The number of likely N-dealkylation sites (tertiary alicyclic amines) is 1. The van der Waals surface area contributed by atoms with Crippen LogP contribution in [0.3, 0.4) is 0 Å². The van der Waals surface area contributed by atoms with E-state index in [0.717, 1.165) is 24.9 Å². The molecule has 0 spiro atoms. The smallest absolute Gasteiger partial charge is 0.251 e. The van der Waals surface area contributed by atoms with Crippen molar-refractivity contribution in [1.29, 1.82) is 0 Å². The van der Waals surface area contributed by atoms with Crippen molar-refractivity contribution in [2.75, 3.05) is 19.6 Å². The van der Waals surface area contributed by atoms with Crippen molar-refractivity contribution in [2.24, 2.45) is 0 Å². The Morgan fingerprint density at radius 3 is 2.78 bits per heavy atom. The van der Waals surface area contributed by atoms with Crippen LogP contribution in [-0.4, -0.2) is 47.1 Å². The van der Waals surface area contributed by atoms with Gasteiger partial charge >= 0.3 is 0 Å². The summed E-state index contributed by atoms with van der Waals surface area (Å²) >= 11 is 0. The van der Waals surface area contributed by atoms with E-state index in [9.17, 15) is 14.4 Å². The van der Waals surface area contributed by atoms with Crippen LogP contribution in [0, 0.1) is 0 Å². The molecule has 1 aromatic carbocycles. The molecular weight excluding hydrogens is 342 g/mol. The molecule has 2 aromatic rings. The van der Waals surface area contributed by atoms with E-state index in [1.807, 2.05) is 11.0 Å². The molecule has 3 rings (SSSR count). The average molecular weight is 365 g/mol. The molecule has 2 heterocycles. The van der Waals surface area contributed by atoms with Crippen molar-refractivity contribution in [3.8, 4) is 11.3 Å². The van der Waals surface area contributed by atoms with Crippen LogP contribution < -0.4 is 5.32 Å². The predicted molar refractivity (Wildman–Crippen MR) is 102 cm³/mol. The maximum absolute atomic E-state index is 12.4. The van der Waals surface area contributed by atoms with Crippen LogP contribution in [0.15, 0.2) is 42.6 Å². The van der Waals surface area contributed by atoms with Gasteiger partial charge in [0, 0.05) is 48.9 Å². The molecule has 1 aromatic heterocycles. The first-order valence-electron chi connectivity index (χ1n) is 9.18. The maximum atomic E-state index is 12.4. The lowest BCUT2D eigenvalue weighted by Crippen LogP contribution is -2.30. The monoisotopic (exact) mass is 365 g/mol. The van der Waals surface area contributed by atoms with Crippen LogP contribution in [0.5, 0.6) is 0 Å². The second-order valence-electron chi connectivity index (χ2n) is 6.66. The van der Waals surface area contributed by atoms with Crippen molar-refractivity contribution in [3.63, 3.8) is 0 Å². The van der Waals surface area contributed by atoms with Gasteiger partial charge in [-0.05, 0) is 38.0 Å². The van der Waals surface area contributed by atoms with Gasteiger partial charge in [0.1, 0.15) is 0 Å². The second-order valence-corrected chi connectivity index (χ2v) is 6.66. The largest absolute Gasteiger partial charge is 0.352 e. The van der Waals surface area contributed by atoms with Crippen molar-refractivity contribution in [1.82, 2.24) is 15.2 Å². The third-order valence-corrected chi connectivity index (χ3v) is 4.65. The third kappa shape index (κ3) is 4.78. The van der Waals surface area contributed by atoms with E-state index >= 15 is 0 Å². The predicted octanol–water partition coefficient (Wildman–Crippen LogP) is 2.69. The number of carbonyl (C=O) groups excluding carboxylic acids is 3. The molecule has 1 N–H and O–H groups in total. The van der Waals surface area contributed by atoms with Gasteiger partial charge in [-0.1, -0.05) is 18.2 Å². The molecule has 0 atom stereocenters. The van der Waals surface area contributed by atoms with Gasteiger partial charge in [-0.3, -0.25) is 19.4 Å². The SMILES string of the molecule is CC(=O)c1cccc(-c2cc(C(=O)NCCCN3CCCC3=O)ccn2)c1. The highest BCUT2D eigenvalue weighted by molar-refractivity contribution is 5.96. The maximum Gasteiger partial charge on any atom is 0.251 e. The second kappa shape index (κ2) is 8.58. The van der Waals surface area contributed by atoms with Gasteiger partial charge in [0.25, 0.3) is 5.91 Å². The molecule has 0 unspecified atom stereocenters. The molecule has 0 saturated carbocycles. The summed E-state index contributed by atoms with van der Waals surface area (Å²) in [7, 11) is 0. The number of rotatable bonds is 7. The van der Waals surface area contributed by atoms with Crippen LogP contribution in [-0.2, 0) is 4.79 Å². The zero-order valence-corrected chi connectivity index (χ0v) is 15.4. The van der Waals surface area contributed by atoms with Crippen molar-refractivity contribution in [3.05, 3.63) is 53.7 Å². The fourth-order valence-electron chi connectivity index (χ4n) is 3.14. The Morgan fingerprint density at radius 2 is 2.04 bits per heavy atom. The van der Waals surface area contributed by atoms with E-state index in [0.29, 0.717) is 36.3 Å². The molecule has 6 nitrogen and oxygen atoms in total. The Morgan fingerprint density at radius 1 is 1.19 bits per heavy atom. The molecule has 0 bridgehead atoms. The fraction of sp³-hybridized carbons (Fsp3) is 0.333. The lowest BCUT2D eigenvalue weighted by atomic mass is 10.0. The fourth-order valence-corrected chi connectivity index (χ4v) is 3.14. The number of benzene rings is 1. The Labute approximate surface area is 158 Å². The number of aromatic nitrogens is 1. The van der Waals surface area contributed by atoms with Gasteiger partial charge in [-0.15, -0.1) is 0 Å². The van der Waals surface area contributed by atoms with E-state index in [2.05, 4.69) is 10.3 Å². The Bertz CT molecular complexity index is 863. The number of hydrogen-bond donors (Lipinski definition) is 1. The van der Waals surface area contributed by atoms with Crippen molar-refractivity contribution < 1.29 is 14.4 Å². The van der Waals surface area contributed by atoms with Gasteiger partial charge in [0.15, 0.2) is 5.78 Å². The van der Waals surface area contributed by atoms with E-state index in [-0.39, 0.29) is 17.6 Å². The van der Waals surface area contributed by atoms with Crippen LogP contribution >= 0.6 is 0 Å². The number of carbonyl (C=O) groups is 3. The first kappa shape index (κ1) is 18.8. The van der Waals surface area contributed by atoms with Crippen LogP contribution in [0.1, 0.15) is 46.9 Å². The summed E-state index contributed by atoms with van der Waals surface area (Å²) < 4.78 is 0. The summed E-state index contributed by atoms with van der Waals surface area (Å²) in [6.07, 6.45) is 3.89. The van der Waals surface area contributed by atoms with Gasteiger partial charge in [0.05, 0.1) is 5.69 Å². The molecule has 1 aliphatic heterocycles. The number of nitrogens with one attached hydrogen (secondary N) is 1. The molecule has 140 valence electrons. The number of hydrogen-bond acceptors (Lipinski definition) is 4. The highest BCUT2D eigenvalue weighted by Gasteiger charge is 2.19. The van der Waals surface area contributed by atoms with Gasteiger partial charge in [-0.25, -0.2) is 0 Å². The first-order valence-corrected chi connectivity index (χ1v) is 9.18. The summed E-state index contributed by atoms with van der Waals surface area (Å²) in [5.74, 6) is 0.0178. The Kier molecular flexibility index (Phi) is 5.96. The molecule has 6 heteroatoms. The summed E-state index contributed by atoms with van der Waals surface area (Å²) in [6, 6.07) is 10.6. The lowest BCUT2D eigenvalue weighted by Gasteiger charge is -2.15. The molecule has 0 aliphatic carbocycles. The molecular formula is C21H23N3O3. The van der Waals surface area contributed by atoms with E-state index in [1.54, 1.807) is 36.5 Å². The van der Waals surface area contributed by atoms with Gasteiger partial charge < -0.3 is 10.2 Å². The van der Waals surface area contributed by atoms with E-state index < -0.39 is 0 Å². The highest BCUT2D eigenvalue weighted by atomic mass is 16.2. The molecule has 1 aliphatic rings. The average Bonchev–Trinajstić information content (AvgIpc) is 3.10. The van der Waals surface area contributed by atoms with Crippen molar-refractivity contribution >= 4 is 17.6 Å². The topological polar surface area (TPSA) is 79.4 Å². The number of ketones is 1. The summed E-state index contributed by atoms with van der Waals surface area (Å²) in [5.41, 5.74) is 2.57.